The minimum absolute atomic E-state index is 0.168. The average Bonchev–Trinajstić information content (AvgIpc) is 2.31. The zero-order valence-electron chi connectivity index (χ0n) is 9.08. The summed E-state index contributed by atoms with van der Waals surface area (Å²) in [6, 6.07) is 8.23. The molecule has 1 aromatic carbocycles. The van der Waals surface area contributed by atoms with Crippen LogP contribution in [0.15, 0.2) is 24.3 Å². The van der Waals surface area contributed by atoms with Crippen molar-refractivity contribution in [3.05, 3.63) is 35.4 Å². The highest BCUT2D eigenvalue weighted by Gasteiger charge is 2.14. The zero-order chi connectivity index (χ0) is 10.5. The Hall–Kier alpha value is -0.860. The molecule has 1 aliphatic heterocycles. The van der Waals surface area contributed by atoms with Gasteiger partial charge in [0.15, 0.2) is 0 Å². The molecule has 2 nitrogen and oxygen atoms in total. The summed E-state index contributed by atoms with van der Waals surface area (Å²) in [7, 11) is 0. The molecule has 15 heavy (non-hydrogen) atoms. The molecule has 0 bridgehead atoms. The Bertz CT molecular complexity index is 305. The van der Waals surface area contributed by atoms with Crippen LogP contribution in [0.25, 0.3) is 0 Å². The molecule has 2 N–H and O–H groups in total. The first-order valence-electron chi connectivity index (χ1n) is 5.78. The Kier molecular flexibility index (Phi) is 3.75. The van der Waals surface area contributed by atoms with Gasteiger partial charge in [-0.1, -0.05) is 24.3 Å². The maximum atomic E-state index is 9.24. The molecule has 0 unspecified atom stereocenters. The first-order valence-corrected chi connectivity index (χ1v) is 5.78. The Morgan fingerprint density at radius 3 is 2.47 bits per heavy atom. The molecule has 1 heterocycles. The Balaban J connectivity index is 2.02. The summed E-state index contributed by atoms with van der Waals surface area (Å²) in [6.07, 6.45) is 3.65. The molecule has 0 aliphatic carbocycles. The van der Waals surface area contributed by atoms with Crippen LogP contribution in [-0.2, 0) is 13.0 Å². The normalized spacial score (nSPS) is 17.9. The minimum atomic E-state index is 0.168. The molecule has 2 rings (SSSR count). The molecule has 2 heteroatoms. The standard InChI is InChI=1S/C13H19NO/c15-10-13-4-2-1-3-12(13)9-11-5-7-14-8-6-11/h1-4,11,14-15H,5-10H2. The molecular formula is C13H19NO. The first kappa shape index (κ1) is 10.7. The number of aliphatic hydroxyl groups excluding tert-OH is 1. The van der Waals surface area contributed by atoms with E-state index in [2.05, 4.69) is 17.4 Å². The zero-order valence-corrected chi connectivity index (χ0v) is 9.08. The van der Waals surface area contributed by atoms with E-state index in [-0.39, 0.29) is 6.61 Å². The van der Waals surface area contributed by atoms with E-state index in [0.29, 0.717) is 0 Å². The number of rotatable bonds is 3. The number of benzene rings is 1. The molecule has 0 radical (unpaired) electrons. The SMILES string of the molecule is OCc1ccccc1CC1CCNCC1. The van der Waals surface area contributed by atoms with Crippen molar-refractivity contribution < 1.29 is 5.11 Å². The third-order valence-corrected chi connectivity index (χ3v) is 3.26. The fourth-order valence-corrected chi connectivity index (χ4v) is 2.31. The quantitative estimate of drug-likeness (QED) is 0.787. The lowest BCUT2D eigenvalue weighted by molar-refractivity contribution is 0.279. The second-order valence-corrected chi connectivity index (χ2v) is 4.32. The molecule has 1 fully saturated rings. The third-order valence-electron chi connectivity index (χ3n) is 3.26. The summed E-state index contributed by atoms with van der Waals surface area (Å²) in [6.45, 7) is 2.46. The monoisotopic (exact) mass is 205 g/mol. The number of aliphatic hydroxyl groups is 1. The molecule has 0 saturated carbocycles. The van der Waals surface area contributed by atoms with E-state index in [1.807, 2.05) is 12.1 Å². The average molecular weight is 205 g/mol. The van der Waals surface area contributed by atoms with E-state index in [4.69, 9.17) is 0 Å². The van der Waals surface area contributed by atoms with Crippen LogP contribution in [0.2, 0.25) is 0 Å². The van der Waals surface area contributed by atoms with Crippen molar-refractivity contribution >= 4 is 0 Å². The van der Waals surface area contributed by atoms with Gasteiger partial charge in [-0.25, -0.2) is 0 Å². The summed E-state index contributed by atoms with van der Waals surface area (Å²) in [5.74, 6) is 0.791. The Morgan fingerprint density at radius 1 is 1.13 bits per heavy atom. The minimum Gasteiger partial charge on any atom is -0.392 e. The lowest BCUT2D eigenvalue weighted by Crippen LogP contribution is -2.28. The lowest BCUT2D eigenvalue weighted by atomic mass is 9.89. The molecule has 0 amide bonds. The summed E-state index contributed by atoms with van der Waals surface area (Å²) >= 11 is 0. The third kappa shape index (κ3) is 2.80. The van der Waals surface area contributed by atoms with Gasteiger partial charge in [0.1, 0.15) is 0 Å². The van der Waals surface area contributed by atoms with E-state index >= 15 is 0 Å². The first-order chi connectivity index (χ1) is 7.40. The van der Waals surface area contributed by atoms with Crippen LogP contribution >= 0.6 is 0 Å². The fraction of sp³-hybridized carbons (Fsp3) is 0.538. The van der Waals surface area contributed by atoms with E-state index in [0.717, 1.165) is 31.0 Å². The molecule has 1 saturated heterocycles. The van der Waals surface area contributed by atoms with Gasteiger partial charge in [0.25, 0.3) is 0 Å². The number of hydrogen-bond acceptors (Lipinski definition) is 2. The predicted octanol–water partition coefficient (Wildman–Crippen LogP) is 1.72. The largest absolute Gasteiger partial charge is 0.392 e. The van der Waals surface area contributed by atoms with Gasteiger partial charge < -0.3 is 10.4 Å². The van der Waals surface area contributed by atoms with Crippen LogP contribution in [0.1, 0.15) is 24.0 Å². The van der Waals surface area contributed by atoms with Gasteiger partial charge in [-0.2, -0.15) is 0 Å². The van der Waals surface area contributed by atoms with Gasteiger partial charge in [-0.05, 0) is 49.4 Å². The highest BCUT2D eigenvalue weighted by Crippen LogP contribution is 2.20. The van der Waals surface area contributed by atoms with Crippen molar-refractivity contribution in [3.8, 4) is 0 Å². The maximum Gasteiger partial charge on any atom is 0.0684 e. The number of piperidine rings is 1. The van der Waals surface area contributed by atoms with Crippen molar-refractivity contribution in [3.63, 3.8) is 0 Å². The number of nitrogens with one attached hydrogen (secondary N) is 1. The van der Waals surface area contributed by atoms with Crippen molar-refractivity contribution in [1.29, 1.82) is 0 Å². The molecule has 0 spiro atoms. The van der Waals surface area contributed by atoms with Crippen LogP contribution in [0, 0.1) is 5.92 Å². The van der Waals surface area contributed by atoms with E-state index < -0.39 is 0 Å². The van der Waals surface area contributed by atoms with E-state index in [1.165, 1.54) is 18.4 Å². The van der Waals surface area contributed by atoms with Crippen LogP contribution in [0.4, 0.5) is 0 Å². The summed E-state index contributed by atoms with van der Waals surface area (Å²) in [4.78, 5) is 0. The van der Waals surface area contributed by atoms with Crippen LogP contribution < -0.4 is 5.32 Å². The summed E-state index contributed by atoms with van der Waals surface area (Å²) in [5, 5.41) is 12.6. The highest BCUT2D eigenvalue weighted by atomic mass is 16.3. The van der Waals surface area contributed by atoms with Gasteiger partial charge in [0, 0.05) is 0 Å². The lowest BCUT2D eigenvalue weighted by Gasteiger charge is -2.23. The van der Waals surface area contributed by atoms with Crippen LogP contribution in [0.3, 0.4) is 0 Å². The maximum absolute atomic E-state index is 9.24. The topological polar surface area (TPSA) is 32.3 Å². The fourth-order valence-electron chi connectivity index (χ4n) is 2.31. The number of hydrogen-bond donors (Lipinski definition) is 2. The van der Waals surface area contributed by atoms with E-state index in [9.17, 15) is 5.11 Å². The summed E-state index contributed by atoms with van der Waals surface area (Å²) in [5.41, 5.74) is 2.42. The molecule has 1 aliphatic rings. The van der Waals surface area contributed by atoms with Crippen LogP contribution in [0.5, 0.6) is 0 Å². The van der Waals surface area contributed by atoms with Gasteiger partial charge in [-0.3, -0.25) is 0 Å². The molecular weight excluding hydrogens is 186 g/mol. The second-order valence-electron chi connectivity index (χ2n) is 4.32. The molecule has 0 aromatic heterocycles. The van der Waals surface area contributed by atoms with Gasteiger partial charge >= 0.3 is 0 Å². The molecule has 82 valence electrons. The van der Waals surface area contributed by atoms with Crippen molar-refractivity contribution in [2.45, 2.75) is 25.9 Å². The van der Waals surface area contributed by atoms with Gasteiger partial charge in [0.05, 0.1) is 6.61 Å². The molecule has 0 atom stereocenters. The van der Waals surface area contributed by atoms with Crippen LogP contribution in [-0.4, -0.2) is 18.2 Å². The van der Waals surface area contributed by atoms with E-state index in [1.54, 1.807) is 0 Å². The van der Waals surface area contributed by atoms with Gasteiger partial charge in [-0.15, -0.1) is 0 Å². The highest BCUT2D eigenvalue weighted by molar-refractivity contribution is 5.26. The van der Waals surface area contributed by atoms with Crippen molar-refractivity contribution in [2.75, 3.05) is 13.1 Å². The van der Waals surface area contributed by atoms with Gasteiger partial charge in [0.2, 0.25) is 0 Å². The Labute approximate surface area is 91.3 Å². The smallest absolute Gasteiger partial charge is 0.0684 e. The van der Waals surface area contributed by atoms with Crippen molar-refractivity contribution in [1.82, 2.24) is 5.32 Å². The molecule has 1 aromatic rings. The Morgan fingerprint density at radius 2 is 1.80 bits per heavy atom. The van der Waals surface area contributed by atoms with Crippen molar-refractivity contribution in [2.24, 2.45) is 5.92 Å². The summed E-state index contributed by atoms with van der Waals surface area (Å²) < 4.78 is 0. The second kappa shape index (κ2) is 5.29. The predicted molar refractivity (Wildman–Crippen MR) is 61.7 cm³/mol.